The summed E-state index contributed by atoms with van der Waals surface area (Å²) in [5.41, 5.74) is 2.00. The lowest BCUT2D eigenvalue weighted by atomic mass is 9.99. The van der Waals surface area contributed by atoms with E-state index in [0.717, 1.165) is 12.8 Å². The van der Waals surface area contributed by atoms with Crippen LogP contribution in [0.4, 0.5) is 4.39 Å². The molecule has 1 N–H and O–H groups in total. The third-order valence-electron chi connectivity index (χ3n) is 3.23. The summed E-state index contributed by atoms with van der Waals surface area (Å²) in [6, 6.07) is 7.16. The van der Waals surface area contributed by atoms with Gasteiger partial charge in [0.05, 0.1) is 7.11 Å². The maximum Gasteiger partial charge on any atom is 0.131 e. The smallest absolute Gasteiger partial charge is 0.131 e. The fourth-order valence-electron chi connectivity index (χ4n) is 2.12. The molecule has 102 valence electrons. The van der Waals surface area contributed by atoms with Gasteiger partial charge in [0, 0.05) is 17.7 Å². The van der Waals surface area contributed by atoms with Crippen molar-refractivity contribution in [2.45, 2.75) is 18.9 Å². The second kappa shape index (κ2) is 6.68. The van der Waals surface area contributed by atoms with E-state index in [1.165, 1.54) is 11.6 Å². The molecule has 2 aromatic rings. The summed E-state index contributed by atoms with van der Waals surface area (Å²) < 4.78 is 19.0. The van der Waals surface area contributed by atoms with Crippen LogP contribution < -0.4 is 10.1 Å². The lowest BCUT2D eigenvalue weighted by Crippen LogP contribution is -2.18. The van der Waals surface area contributed by atoms with Gasteiger partial charge in [-0.2, -0.15) is 11.3 Å². The van der Waals surface area contributed by atoms with Crippen molar-refractivity contribution >= 4 is 11.3 Å². The third-order valence-corrected chi connectivity index (χ3v) is 3.97. The first-order chi connectivity index (χ1) is 9.24. The van der Waals surface area contributed by atoms with Gasteiger partial charge in [0.1, 0.15) is 11.6 Å². The first-order valence-electron chi connectivity index (χ1n) is 6.26. The summed E-state index contributed by atoms with van der Waals surface area (Å²) >= 11 is 1.69. The first kappa shape index (κ1) is 14.0. The Morgan fingerprint density at radius 2 is 2.21 bits per heavy atom. The van der Waals surface area contributed by atoms with Crippen molar-refractivity contribution in [2.24, 2.45) is 0 Å². The van der Waals surface area contributed by atoms with E-state index in [9.17, 15) is 4.39 Å². The van der Waals surface area contributed by atoms with Crippen LogP contribution in [0.15, 0.2) is 35.0 Å². The molecule has 0 aliphatic heterocycles. The number of benzene rings is 1. The Kier molecular flexibility index (Phi) is 4.93. The summed E-state index contributed by atoms with van der Waals surface area (Å²) in [6.07, 6.45) is 1.82. The summed E-state index contributed by atoms with van der Waals surface area (Å²) in [6.45, 7) is 0. The van der Waals surface area contributed by atoms with Crippen LogP contribution in [0.1, 0.15) is 23.6 Å². The van der Waals surface area contributed by atoms with Crippen LogP contribution >= 0.6 is 11.3 Å². The standard InChI is InChI=1S/C15H18FNOS/c1-17-15(6-3-11-7-8-19-10-11)13-5-4-12(18-2)9-14(13)16/h4-5,7-10,15,17H,3,6H2,1-2H3. The van der Waals surface area contributed by atoms with E-state index < -0.39 is 0 Å². The number of ether oxygens (including phenoxy) is 1. The Hall–Kier alpha value is -1.39. The minimum atomic E-state index is -0.219. The van der Waals surface area contributed by atoms with E-state index in [1.807, 2.05) is 7.05 Å². The highest BCUT2D eigenvalue weighted by Crippen LogP contribution is 2.25. The van der Waals surface area contributed by atoms with Crippen molar-refractivity contribution in [3.8, 4) is 5.75 Å². The van der Waals surface area contributed by atoms with Gasteiger partial charge in [-0.05, 0) is 48.3 Å². The van der Waals surface area contributed by atoms with E-state index in [1.54, 1.807) is 30.6 Å². The van der Waals surface area contributed by atoms with Gasteiger partial charge in [-0.25, -0.2) is 4.39 Å². The second-order valence-corrected chi connectivity index (χ2v) is 5.18. The van der Waals surface area contributed by atoms with Gasteiger partial charge in [0.15, 0.2) is 0 Å². The van der Waals surface area contributed by atoms with E-state index in [-0.39, 0.29) is 11.9 Å². The molecule has 19 heavy (non-hydrogen) atoms. The Balaban J connectivity index is 2.08. The molecule has 1 unspecified atom stereocenters. The van der Waals surface area contributed by atoms with Crippen molar-refractivity contribution in [3.63, 3.8) is 0 Å². The van der Waals surface area contributed by atoms with Crippen molar-refractivity contribution < 1.29 is 9.13 Å². The number of rotatable bonds is 6. The predicted octanol–water partition coefficient (Wildman–Crippen LogP) is 3.79. The topological polar surface area (TPSA) is 21.3 Å². The zero-order valence-corrected chi connectivity index (χ0v) is 12.0. The van der Waals surface area contributed by atoms with Gasteiger partial charge in [-0.3, -0.25) is 0 Å². The molecule has 4 heteroatoms. The maximum absolute atomic E-state index is 14.0. The molecule has 0 amide bonds. The number of aryl methyl sites for hydroxylation is 1. The Labute approximate surface area is 117 Å². The minimum absolute atomic E-state index is 0.0193. The van der Waals surface area contributed by atoms with Gasteiger partial charge in [0.25, 0.3) is 0 Å². The highest BCUT2D eigenvalue weighted by Gasteiger charge is 2.14. The molecule has 0 aliphatic rings. The molecule has 0 saturated carbocycles. The molecule has 2 rings (SSSR count). The van der Waals surface area contributed by atoms with Gasteiger partial charge in [0.2, 0.25) is 0 Å². The predicted molar refractivity (Wildman–Crippen MR) is 77.4 cm³/mol. The van der Waals surface area contributed by atoms with Gasteiger partial charge in [-0.1, -0.05) is 6.07 Å². The molecule has 1 heterocycles. The van der Waals surface area contributed by atoms with Crippen molar-refractivity contribution in [1.82, 2.24) is 5.32 Å². The SMILES string of the molecule is CNC(CCc1ccsc1)c1ccc(OC)cc1F. The largest absolute Gasteiger partial charge is 0.497 e. The van der Waals surface area contributed by atoms with Gasteiger partial charge < -0.3 is 10.1 Å². The fraction of sp³-hybridized carbons (Fsp3) is 0.333. The Morgan fingerprint density at radius 1 is 1.37 bits per heavy atom. The number of hydrogen-bond donors (Lipinski definition) is 1. The molecule has 0 aliphatic carbocycles. The van der Waals surface area contributed by atoms with Crippen LogP contribution in [0.5, 0.6) is 5.75 Å². The van der Waals surface area contributed by atoms with E-state index in [2.05, 4.69) is 22.1 Å². The molecule has 0 radical (unpaired) electrons. The average Bonchev–Trinajstić information content (AvgIpc) is 2.94. The lowest BCUT2D eigenvalue weighted by molar-refractivity contribution is 0.409. The maximum atomic E-state index is 14.0. The third kappa shape index (κ3) is 3.55. The van der Waals surface area contributed by atoms with Crippen LogP contribution in [-0.2, 0) is 6.42 Å². The minimum Gasteiger partial charge on any atom is -0.497 e. The molecule has 1 atom stereocenters. The van der Waals surface area contributed by atoms with Crippen LogP contribution in [0.25, 0.3) is 0 Å². The molecule has 1 aromatic heterocycles. The zero-order valence-electron chi connectivity index (χ0n) is 11.2. The highest BCUT2D eigenvalue weighted by molar-refractivity contribution is 7.07. The lowest BCUT2D eigenvalue weighted by Gasteiger charge is -2.17. The second-order valence-electron chi connectivity index (χ2n) is 4.40. The molecular weight excluding hydrogens is 261 g/mol. The zero-order chi connectivity index (χ0) is 13.7. The quantitative estimate of drug-likeness (QED) is 0.868. The normalized spacial score (nSPS) is 12.4. The Morgan fingerprint density at radius 3 is 2.79 bits per heavy atom. The summed E-state index contributed by atoms with van der Waals surface area (Å²) in [5, 5.41) is 7.38. The number of thiophene rings is 1. The molecule has 1 aromatic carbocycles. The molecule has 0 saturated heterocycles. The van der Waals surface area contributed by atoms with Crippen LogP contribution in [0, 0.1) is 5.82 Å². The van der Waals surface area contributed by atoms with Crippen molar-refractivity contribution in [3.05, 3.63) is 52.0 Å². The summed E-state index contributed by atoms with van der Waals surface area (Å²) in [4.78, 5) is 0. The number of halogens is 1. The highest BCUT2D eigenvalue weighted by atomic mass is 32.1. The average molecular weight is 279 g/mol. The number of methoxy groups -OCH3 is 1. The van der Waals surface area contributed by atoms with Gasteiger partial charge in [-0.15, -0.1) is 0 Å². The van der Waals surface area contributed by atoms with Crippen molar-refractivity contribution in [2.75, 3.05) is 14.2 Å². The first-order valence-corrected chi connectivity index (χ1v) is 7.20. The Bertz CT molecular complexity index is 513. The molecule has 2 nitrogen and oxygen atoms in total. The van der Waals surface area contributed by atoms with Crippen molar-refractivity contribution in [1.29, 1.82) is 0 Å². The van der Waals surface area contributed by atoms with Crippen LogP contribution in [0.2, 0.25) is 0 Å². The molecular formula is C15H18FNOS. The van der Waals surface area contributed by atoms with Gasteiger partial charge >= 0.3 is 0 Å². The fourth-order valence-corrected chi connectivity index (χ4v) is 2.82. The molecule has 0 bridgehead atoms. The monoisotopic (exact) mass is 279 g/mol. The number of nitrogens with one attached hydrogen (secondary N) is 1. The van der Waals surface area contributed by atoms with E-state index in [0.29, 0.717) is 11.3 Å². The van der Waals surface area contributed by atoms with Crippen LogP contribution in [-0.4, -0.2) is 14.2 Å². The number of hydrogen-bond acceptors (Lipinski definition) is 3. The van der Waals surface area contributed by atoms with E-state index >= 15 is 0 Å². The van der Waals surface area contributed by atoms with Crippen LogP contribution in [0.3, 0.4) is 0 Å². The summed E-state index contributed by atoms with van der Waals surface area (Å²) in [5.74, 6) is 0.331. The summed E-state index contributed by atoms with van der Waals surface area (Å²) in [7, 11) is 3.41. The molecule has 0 spiro atoms. The molecule has 0 fully saturated rings. The van der Waals surface area contributed by atoms with E-state index in [4.69, 9.17) is 4.74 Å².